The summed E-state index contributed by atoms with van der Waals surface area (Å²) in [6.07, 6.45) is 4.90. The van der Waals surface area contributed by atoms with Gasteiger partial charge in [0.25, 0.3) is 5.91 Å². The predicted octanol–water partition coefficient (Wildman–Crippen LogP) is 4.42. The molecule has 7 nitrogen and oxygen atoms in total. The Balaban J connectivity index is 1.24. The molecule has 2 aliphatic heterocycles. The van der Waals surface area contributed by atoms with E-state index >= 15 is 0 Å². The molecule has 7 heteroatoms. The largest absolute Gasteiger partial charge is 0.356 e. The summed E-state index contributed by atoms with van der Waals surface area (Å²) in [7, 11) is 0. The molecule has 3 aliphatic rings. The van der Waals surface area contributed by atoms with Crippen LogP contribution in [0.3, 0.4) is 0 Å². The molecule has 40 heavy (non-hydrogen) atoms. The first-order valence-electron chi connectivity index (χ1n) is 14.2. The van der Waals surface area contributed by atoms with Crippen molar-refractivity contribution in [2.75, 3.05) is 0 Å². The molecule has 1 fully saturated rings. The summed E-state index contributed by atoms with van der Waals surface area (Å²) in [6, 6.07) is 23.7. The second-order valence-electron chi connectivity index (χ2n) is 11.2. The number of aromatic nitrogens is 1. The lowest BCUT2D eigenvalue weighted by Gasteiger charge is -2.37. The normalized spacial score (nSPS) is 20.6. The minimum absolute atomic E-state index is 0.144. The van der Waals surface area contributed by atoms with Gasteiger partial charge in [0, 0.05) is 41.0 Å². The molecule has 0 saturated heterocycles. The lowest BCUT2D eigenvalue weighted by molar-refractivity contribution is -0.132. The van der Waals surface area contributed by atoms with Crippen LogP contribution in [-0.2, 0) is 22.4 Å². The van der Waals surface area contributed by atoms with Crippen molar-refractivity contribution in [2.45, 2.75) is 62.7 Å². The lowest BCUT2D eigenvalue weighted by atomic mass is 9.89. The summed E-state index contributed by atoms with van der Waals surface area (Å²) in [5, 5.41) is 7.32. The molecular weight excluding hydrogens is 500 g/mol. The molecule has 3 aromatic carbocycles. The number of nitrogens with zero attached hydrogens (tertiary/aromatic N) is 1. The lowest BCUT2D eigenvalue weighted by Crippen LogP contribution is -2.57. The first kappa shape index (κ1) is 24.6. The van der Waals surface area contributed by atoms with Crippen LogP contribution < -0.4 is 10.6 Å². The van der Waals surface area contributed by atoms with E-state index in [1.807, 2.05) is 72.8 Å². The minimum Gasteiger partial charge on any atom is -0.356 e. The molecule has 202 valence electrons. The second-order valence-corrected chi connectivity index (χ2v) is 11.2. The Morgan fingerprint density at radius 1 is 0.925 bits per heavy atom. The van der Waals surface area contributed by atoms with E-state index < -0.39 is 12.1 Å². The summed E-state index contributed by atoms with van der Waals surface area (Å²) in [4.78, 5) is 46.7. The molecule has 3 amide bonds. The van der Waals surface area contributed by atoms with E-state index in [0.717, 1.165) is 59.0 Å². The SMILES string of the molecule is O=C(NC1CCCC1)C(Cc1ccccc1)NC(=O)C1Cc2c([nH]c3ccccc23)C2c3ccccc3C(=O)N12. The summed E-state index contributed by atoms with van der Waals surface area (Å²) >= 11 is 0. The zero-order valence-electron chi connectivity index (χ0n) is 22.2. The van der Waals surface area contributed by atoms with Crippen LogP contribution in [0.4, 0.5) is 0 Å². The smallest absolute Gasteiger partial charge is 0.255 e. The second kappa shape index (κ2) is 9.97. The first-order chi connectivity index (χ1) is 19.6. The van der Waals surface area contributed by atoms with Crippen molar-refractivity contribution in [3.05, 3.63) is 107 Å². The Hall–Kier alpha value is -4.39. The van der Waals surface area contributed by atoms with Crippen LogP contribution in [0.2, 0.25) is 0 Å². The van der Waals surface area contributed by atoms with E-state index in [-0.39, 0.29) is 29.8 Å². The van der Waals surface area contributed by atoms with Gasteiger partial charge in [0.15, 0.2) is 0 Å². The fraction of sp³-hybridized carbons (Fsp3) is 0.303. The predicted molar refractivity (Wildman–Crippen MR) is 153 cm³/mol. The van der Waals surface area contributed by atoms with E-state index in [1.165, 1.54) is 0 Å². The van der Waals surface area contributed by atoms with Gasteiger partial charge >= 0.3 is 0 Å². The van der Waals surface area contributed by atoms with Crippen molar-refractivity contribution < 1.29 is 14.4 Å². The molecule has 0 spiro atoms. The highest BCUT2D eigenvalue weighted by Crippen LogP contribution is 2.46. The molecule has 1 aliphatic carbocycles. The Bertz CT molecular complexity index is 1600. The highest BCUT2D eigenvalue weighted by molar-refractivity contribution is 6.04. The van der Waals surface area contributed by atoms with E-state index in [0.29, 0.717) is 18.4 Å². The minimum atomic E-state index is -0.742. The number of H-pyrrole nitrogens is 1. The number of amides is 3. The zero-order chi connectivity index (χ0) is 27.2. The number of hydrogen-bond donors (Lipinski definition) is 3. The van der Waals surface area contributed by atoms with Crippen LogP contribution in [-0.4, -0.2) is 45.7 Å². The van der Waals surface area contributed by atoms with Gasteiger partial charge in [0.05, 0.1) is 6.04 Å². The molecule has 4 aromatic rings. The Labute approximate surface area is 233 Å². The van der Waals surface area contributed by atoms with Crippen molar-refractivity contribution in [3.63, 3.8) is 0 Å². The van der Waals surface area contributed by atoms with Crippen LogP contribution in [0, 0.1) is 0 Å². The first-order valence-corrected chi connectivity index (χ1v) is 14.2. The molecule has 3 unspecified atom stereocenters. The number of para-hydroxylation sites is 1. The molecular formula is C33H32N4O3. The van der Waals surface area contributed by atoms with Crippen molar-refractivity contribution in [2.24, 2.45) is 0 Å². The van der Waals surface area contributed by atoms with Crippen molar-refractivity contribution in [3.8, 4) is 0 Å². The van der Waals surface area contributed by atoms with E-state index in [9.17, 15) is 14.4 Å². The molecule has 3 atom stereocenters. The summed E-state index contributed by atoms with van der Waals surface area (Å²) in [6.45, 7) is 0. The maximum absolute atomic E-state index is 14.2. The molecule has 7 rings (SSSR count). The number of hydrogen-bond acceptors (Lipinski definition) is 3. The highest BCUT2D eigenvalue weighted by atomic mass is 16.2. The van der Waals surface area contributed by atoms with E-state index in [4.69, 9.17) is 0 Å². The average molecular weight is 533 g/mol. The van der Waals surface area contributed by atoms with Gasteiger partial charge in [-0.15, -0.1) is 0 Å². The Morgan fingerprint density at radius 3 is 2.48 bits per heavy atom. The number of benzene rings is 3. The van der Waals surface area contributed by atoms with Crippen molar-refractivity contribution in [1.29, 1.82) is 0 Å². The third-order valence-corrected chi connectivity index (χ3v) is 8.77. The van der Waals surface area contributed by atoms with Crippen LogP contribution >= 0.6 is 0 Å². The summed E-state index contributed by atoms with van der Waals surface area (Å²) < 4.78 is 0. The van der Waals surface area contributed by atoms with Crippen molar-refractivity contribution in [1.82, 2.24) is 20.5 Å². The van der Waals surface area contributed by atoms with Crippen LogP contribution in [0.5, 0.6) is 0 Å². The number of carbonyl (C=O) groups excluding carboxylic acids is 3. The van der Waals surface area contributed by atoms with Crippen LogP contribution in [0.25, 0.3) is 10.9 Å². The highest BCUT2D eigenvalue weighted by Gasteiger charge is 2.49. The maximum Gasteiger partial charge on any atom is 0.255 e. The van der Waals surface area contributed by atoms with E-state index in [2.05, 4.69) is 21.7 Å². The Kier molecular flexibility index (Phi) is 6.14. The van der Waals surface area contributed by atoms with Gasteiger partial charge in [-0.3, -0.25) is 14.4 Å². The molecule has 0 bridgehead atoms. The summed E-state index contributed by atoms with van der Waals surface area (Å²) in [5.41, 5.74) is 5.50. The summed E-state index contributed by atoms with van der Waals surface area (Å²) in [5.74, 6) is -0.620. The fourth-order valence-electron chi connectivity index (χ4n) is 6.84. The monoisotopic (exact) mass is 532 g/mol. The van der Waals surface area contributed by atoms with Gasteiger partial charge in [-0.1, -0.05) is 79.6 Å². The molecule has 1 saturated carbocycles. The van der Waals surface area contributed by atoms with Crippen LogP contribution in [0.15, 0.2) is 78.9 Å². The van der Waals surface area contributed by atoms with Gasteiger partial charge in [-0.25, -0.2) is 0 Å². The number of carbonyl (C=O) groups is 3. The number of fused-ring (bicyclic) bond motifs is 7. The number of aromatic amines is 1. The number of rotatable bonds is 6. The maximum atomic E-state index is 14.2. The van der Waals surface area contributed by atoms with Gasteiger partial charge in [-0.05, 0) is 41.7 Å². The topological polar surface area (TPSA) is 94.3 Å². The van der Waals surface area contributed by atoms with E-state index in [1.54, 1.807) is 4.90 Å². The average Bonchev–Trinajstić information content (AvgIpc) is 3.70. The van der Waals surface area contributed by atoms with Crippen LogP contribution in [0.1, 0.15) is 64.5 Å². The van der Waals surface area contributed by atoms with Gasteiger partial charge in [0.1, 0.15) is 12.1 Å². The third kappa shape index (κ3) is 4.17. The van der Waals surface area contributed by atoms with Gasteiger partial charge in [0.2, 0.25) is 11.8 Å². The molecule has 1 aromatic heterocycles. The van der Waals surface area contributed by atoms with Gasteiger partial charge < -0.3 is 20.5 Å². The van der Waals surface area contributed by atoms with Gasteiger partial charge in [-0.2, -0.15) is 0 Å². The Morgan fingerprint density at radius 2 is 1.65 bits per heavy atom. The molecule has 3 N–H and O–H groups in total. The number of nitrogens with one attached hydrogen (secondary N) is 3. The fourth-order valence-corrected chi connectivity index (χ4v) is 6.84. The molecule has 0 radical (unpaired) electrons. The van der Waals surface area contributed by atoms with Crippen molar-refractivity contribution >= 4 is 28.6 Å². The third-order valence-electron chi connectivity index (χ3n) is 8.77. The quantitative estimate of drug-likeness (QED) is 0.343. The zero-order valence-corrected chi connectivity index (χ0v) is 22.2. The molecule has 3 heterocycles. The standard InChI is InChI=1S/C33H32N4O3/c38-31(34-21-12-4-5-13-21)27(18-20-10-2-1-3-11-20)36-32(39)28-19-25-22-14-8-9-17-26(22)35-29(25)30-23-15-6-7-16-24(23)33(40)37(28)30/h1-3,6-11,14-17,21,27-28,30,35H,4-5,12-13,18-19H2,(H,34,38)(H,36,39).